The monoisotopic (exact) mass is 1780 g/mol. The Labute approximate surface area is 476 Å². The van der Waals surface area contributed by atoms with Gasteiger partial charge in [0, 0.05) is 139 Å². The zero-order valence-electron chi connectivity index (χ0n) is 40.9. The molecule has 20 heteroatoms. The van der Waals surface area contributed by atoms with Crippen molar-refractivity contribution < 1.29 is 188 Å². The Morgan fingerprint density at radius 2 is 0.875 bits per heavy atom. The molecule has 0 bridgehead atoms. The maximum absolute atomic E-state index is 11.6. The van der Waals surface area contributed by atoms with E-state index in [1.807, 2.05) is 55.4 Å². The minimum absolute atomic E-state index is 0. The van der Waals surface area contributed by atoms with Gasteiger partial charge in [-0.1, -0.05) is 79.7 Å². The summed E-state index contributed by atoms with van der Waals surface area (Å²) in [6, 6.07) is 10.1. The van der Waals surface area contributed by atoms with Crippen LogP contribution < -0.4 is 29.6 Å². The molecule has 4 aliphatic rings. The van der Waals surface area contributed by atoms with E-state index in [0.29, 0.717) is 23.0 Å². The Morgan fingerprint density at radius 1 is 0.562 bits per heavy atom. The number of amides is 2. The van der Waals surface area contributed by atoms with Gasteiger partial charge >= 0.3 is 11.8 Å². The third-order valence-electron chi connectivity index (χ3n) is 7.61. The smallest absolute Gasteiger partial charge is 0.317 e. The minimum Gasteiger partial charge on any atom is -0.884 e. The fourth-order valence-electron chi connectivity index (χ4n) is 5.07. The summed E-state index contributed by atoms with van der Waals surface area (Å²) in [5.41, 5.74) is 0.0843. The standard InChI is InChI=1S/4C9H8N2O2.4C2H6.4U/c4*1-10-7(6-12)9(13)11-5-3-2-4-8(10)11;4*1-2;;;;/h2*2-6,13H,1H2;2*2-6,12H,1H2;4*1-2H3;;;;/p-4/b;;2*7-6+;;;;;;;;/i4*6T;;;;;;;;. The van der Waals surface area contributed by atoms with Crippen molar-refractivity contribution in [3.63, 3.8) is 0 Å². The van der Waals surface area contributed by atoms with Gasteiger partial charge in [-0.2, -0.15) is 12.5 Å². The number of hydrogen-bond donors (Lipinski definition) is 0. The van der Waals surface area contributed by atoms with Crippen molar-refractivity contribution in [1.29, 1.82) is 0 Å². The first-order chi connectivity index (χ1) is 30.5. The Morgan fingerprint density at radius 3 is 1.12 bits per heavy atom. The second kappa shape index (κ2) is 34.6. The predicted octanol–water partition coefficient (Wildman–Crippen LogP) is 2.24. The number of amidine groups is 2. The maximum atomic E-state index is 11.6. The summed E-state index contributed by atoms with van der Waals surface area (Å²) in [5, 5.41) is 44.8. The van der Waals surface area contributed by atoms with E-state index in [9.17, 15) is 39.6 Å². The average molecular weight is 1780 g/mol. The Bertz CT molecular complexity index is 2370. The number of carbonyl (C=O) groups excluding carboxylic acids is 4. The van der Waals surface area contributed by atoms with Gasteiger partial charge in [0.1, 0.15) is 12.5 Å². The second-order valence-corrected chi connectivity index (χ2v) is 10.5. The number of fused-ring (bicyclic) bond motifs is 4. The quantitative estimate of drug-likeness (QED) is 0.0961. The molecule has 0 unspecified atom stereocenters. The first kappa shape index (κ1) is 58.3. The van der Waals surface area contributed by atoms with Gasteiger partial charge in [0.15, 0.2) is 23.0 Å². The number of allylic oxidation sites excluding steroid dienone is 4. The molecule has 0 atom stereocenters. The molecule has 8 heterocycles. The molecule has 0 radical (unpaired) electrons. The van der Waals surface area contributed by atoms with E-state index in [0.717, 1.165) is 0 Å². The molecule has 4 aliphatic heterocycles. The van der Waals surface area contributed by atoms with E-state index in [4.69, 9.17) is 5.48 Å². The van der Waals surface area contributed by atoms with E-state index in [1.165, 1.54) is 61.7 Å². The SMILES string of the molecule is CC.CC.CC.CC.[3H]/C([O-])=C1/C(=O)N2C=CC=CC2=[N+]1[CH2-].[3H]/C([O-])=C1/C(=O)N2C=CC=CC2=[N+]1[CH2-].[3H]C(=O)c1c([O-])n2ccccc2[n+]1[CH2-].[3H]C(=O)c1c([O-])n2ccccc2[n+]1[CH2-].[U].[U].[U].[U]. The first-order valence-corrected chi connectivity index (χ1v) is 18.7. The van der Waals surface area contributed by atoms with Crippen molar-refractivity contribution in [2.45, 2.75) is 55.4 Å². The van der Waals surface area contributed by atoms with Crippen LogP contribution in [0.2, 0.25) is 0 Å². The fraction of sp³-hybridized carbons (Fsp3) is 0.182. The minimum atomic E-state index is -1.02. The van der Waals surface area contributed by atoms with Gasteiger partial charge in [0.05, 0.1) is 50.3 Å². The largest absolute Gasteiger partial charge is 0.884 e. The van der Waals surface area contributed by atoms with Crippen molar-refractivity contribution in [3.05, 3.63) is 161 Å². The van der Waals surface area contributed by atoms with Crippen LogP contribution in [-0.4, -0.2) is 63.8 Å². The summed E-state index contributed by atoms with van der Waals surface area (Å²) in [5.74, 6) is -1.03. The zero-order chi connectivity index (χ0) is 49.2. The molecule has 0 saturated heterocycles. The molecule has 64 heavy (non-hydrogen) atoms. The van der Waals surface area contributed by atoms with Gasteiger partial charge in [-0.3, -0.25) is 18.4 Å². The van der Waals surface area contributed by atoms with E-state index in [-0.39, 0.29) is 147 Å². The van der Waals surface area contributed by atoms with Crippen LogP contribution in [0.4, 0.5) is 0 Å². The van der Waals surface area contributed by atoms with Crippen LogP contribution in [0.15, 0.2) is 122 Å². The number of rotatable bonds is 2. The van der Waals surface area contributed by atoms with Crippen molar-refractivity contribution >= 4 is 47.3 Å². The second-order valence-electron chi connectivity index (χ2n) is 10.5. The molecule has 0 fully saturated rings. The average Bonchev–Trinajstić information content (AvgIpc) is 3.93. The molecular weight excluding hydrogens is 1720 g/mol. The number of hydrogen-bond acceptors (Lipinski definition) is 8. The van der Waals surface area contributed by atoms with Crippen molar-refractivity contribution in [2.75, 3.05) is 0 Å². The van der Waals surface area contributed by atoms with Crippen LogP contribution in [0.3, 0.4) is 0 Å². The van der Waals surface area contributed by atoms with Gasteiger partial charge < -0.3 is 48.3 Å². The molecular formula is C44H52N8O8U4-4. The molecule has 0 aromatic carbocycles. The zero-order valence-corrected chi connectivity index (χ0v) is 53.6. The number of carbonyl (C=O) groups is 4. The van der Waals surface area contributed by atoms with Crippen LogP contribution in [0.5, 0.6) is 11.8 Å². The molecule has 0 saturated carbocycles. The molecule has 0 aliphatic carbocycles. The van der Waals surface area contributed by atoms with Gasteiger partial charge in [0.2, 0.25) is 0 Å². The van der Waals surface area contributed by atoms with Crippen LogP contribution in [0, 0.1) is 153 Å². The number of aromatic nitrogens is 4. The fourth-order valence-corrected chi connectivity index (χ4v) is 5.07. The van der Waals surface area contributed by atoms with Gasteiger partial charge in [-0.25, -0.2) is 9.80 Å². The summed E-state index contributed by atoms with van der Waals surface area (Å²) in [7, 11) is 14.2. The summed E-state index contributed by atoms with van der Waals surface area (Å²) in [6.07, 6.45) is 12.2. The summed E-state index contributed by atoms with van der Waals surface area (Å²) in [6.45, 7) is 16.0. The third kappa shape index (κ3) is 15.2. The van der Waals surface area contributed by atoms with Crippen LogP contribution >= 0.6 is 0 Å². The normalized spacial score (nSPS) is 15.2. The Balaban J connectivity index is -0.000000375. The molecule has 16 nitrogen and oxygen atoms in total. The molecule has 4 aromatic heterocycles. The third-order valence-corrected chi connectivity index (χ3v) is 7.61. The van der Waals surface area contributed by atoms with Crippen molar-refractivity contribution in [2.24, 2.45) is 0 Å². The van der Waals surface area contributed by atoms with Crippen molar-refractivity contribution in [3.8, 4) is 11.8 Å². The van der Waals surface area contributed by atoms with Gasteiger partial charge in [0.25, 0.3) is 0 Å². The number of pyridine rings is 2. The summed E-state index contributed by atoms with van der Waals surface area (Å²) in [4.78, 5) is 47.4. The molecule has 0 spiro atoms. The van der Waals surface area contributed by atoms with Crippen LogP contribution in [-0.2, 0) is 9.59 Å². The first-order valence-electron chi connectivity index (χ1n) is 20.7. The maximum Gasteiger partial charge on any atom is 0.317 e. The number of nitrogens with zero attached hydrogens (tertiary/aromatic N) is 8. The van der Waals surface area contributed by atoms with Crippen molar-refractivity contribution in [1.82, 2.24) is 18.6 Å². The predicted molar refractivity (Wildman–Crippen MR) is 219 cm³/mol. The molecule has 2 amide bonds. The van der Waals surface area contributed by atoms with Crippen LogP contribution in [0.25, 0.3) is 11.3 Å². The topological polar surface area (TPSA) is 190 Å². The number of imidazole rings is 2. The van der Waals surface area contributed by atoms with E-state index in [2.05, 4.69) is 28.2 Å². The molecule has 8 rings (SSSR count). The summed E-state index contributed by atoms with van der Waals surface area (Å²) >= 11 is 0. The van der Waals surface area contributed by atoms with E-state index >= 15 is 0 Å². The van der Waals surface area contributed by atoms with Gasteiger partial charge in [-0.05, 0) is 76.8 Å². The van der Waals surface area contributed by atoms with E-state index in [1.54, 1.807) is 72.9 Å². The van der Waals surface area contributed by atoms with Gasteiger partial charge in [-0.15, -0.1) is 0 Å². The molecule has 4 aromatic rings. The Hall–Kier alpha value is -3.67. The molecule has 336 valence electrons. The van der Waals surface area contributed by atoms with E-state index < -0.39 is 48.6 Å². The van der Waals surface area contributed by atoms with Crippen LogP contribution in [0.1, 0.15) is 81.8 Å². The Kier molecular flexibility index (Phi) is 31.6. The number of aldehydes is 2. The summed E-state index contributed by atoms with van der Waals surface area (Å²) < 4.78 is 35.0. The molecule has 0 N–H and O–H groups in total.